The van der Waals surface area contributed by atoms with Gasteiger partial charge in [-0.2, -0.15) is 0 Å². The molecular formula is C19H16N3OP. The summed E-state index contributed by atoms with van der Waals surface area (Å²) in [6, 6.07) is 27.0. The number of rotatable bonds is 4. The van der Waals surface area contributed by atoms with Crippen LogP contribution < -0.4 is 10.6 Å². The lowest BCUT2D eigenvalue weighted by atomic mass is 10.3. The maximum absolute atomic E-state index is 14.0. The number of benzene rings is 3. The smallest absolute Gasteiger partial charge is 0.163 e. The molecule has 1 heterocycles. The zero-order valence-corrected chi connectivity index (χ0v) is 13.9. The molecule has 0 saturated carbocycles. The summed E-state index contributed by atoms with van der Waals surface area (Å²) in [6.45, 7) is 0. The summed E-state index contributed by atoms with van der Waals surface area (Å²) in [7, 11) is -2.86. The average Bonchev–Trinajstić information content (AvgIpc) is 3.06. The molecule has 0 aliphatic heterocycles. The molecule has 0 atom stereocenters. The van der Waals surface area contributed by atoms with E-state index in [2.05, 4.69) is 10.3 Å². The molecule has 4 nitrogen and oxygen atoms in total. The van der Waals surface area contributed by atoms with E-state index in [1.807, 2.05) is 84.9 Å². The molecule has 0 N–H and O–H groups in total. The largest absolute Gasteiger partial charge is 0.312 e. The first kappa shape index (κ1) is 14.9. The van der Waals surface area contributed by atoms with Crippen molar-refractivity contribution in [1.82, 2.24) is 15.0 Å². The summed E-state index contributed by atoms with van der Waals surface area (Å²) in [4.78, 5) is 0. The Kier molecular flexibility index (Phi) is 3.75. The Balaban J connectivity index is 1.87. The quantitative estimate of drug-likeness (QED) is 0.538. The Morgan fingerprint density at radius 2 is 1.29 bits per heavy atom. The molecule has 24 heavy (non-hydrogen) atoms. The first-order chi connectivity index (χ1) is 11.8. The molecule has 0 saturated heterocycles. The summed E-state index contributed by atoms with van der Waals surface area (Å²) in [6.07, 6.45) is 0.293. The van der Waals surface area contributed by atoms with Crippen molar-refractivity contribution in [3.05, 3.63) is 84.9 Å². The van der Waals surface area contributed by atoms with E-state index >= 15 is 0 Å². The molecule has 0 bridgehead atoms. The SMILES string of the molecule is O=P(Cn1nnc2ccccc21)(c1ccccc1)c1ccccc1. The second kappa shape index (κ2) is 6.06. The lowest BCUT2D eigenvalue weighted by Gasteiger charge is -2.19. The number of aromatic nitrogens is 3. The fourth-order valence-electron chi connectivity index (χ4n) is 2.86. The van der Waals surface area contributed by atoms with Crippen molar-refractivity contribution in [3.8, 4) is 0 Å². The third kappa shape index (κ3) is 2.55. The monoisotopic (exact) mass is 333 g/mol. The molecule has 0 spiro atoms. The minimum atomic E-state index is -2.86. The number of fused-ring (bicyclic) bond motifs is 1. The van der Waals surface area contributed by atoms with Crippen molar-refractivity contribution in [2.75, 3.05) is 0 Å². The van der Waals surface area contributed by atoms with E-state index in [0.717, 1.165) is 21.6 Å². The van der Waals surface area contributed by atoms with Crippen molar-refractivity contribution in [2.45, 2.75) is 6.29 Å². The lowest BCUT2D eigenvalue weighted by Crippen LogP contribution is -2.20. The van der Waals surface area contributed by atoms with E-state index in [0.29, 0.717) is 6.29 Å². The highest BCUT2D eigenvalue weighted by Gasteiger charge is 2.28. The van der Waals surface area contributed by atoms with Gasteiger partial charge in [0.25, 0.3) is 0 Å². The standard InChI is InChI=1S/C19H16N3OP/c23-24(16-9-3-1-4-10-16,17-11-5-2-6-12-17)15-22-19-14-8-7-13-18(19)20-21-22/h1-14H,15H2. The molecule has 0 fully saturated rings. The van der Waals surface area contributed by atoms with Gasteiger partial charge in [0.15, 0.2) is 7.14 Å². The summed E-state index contributed by atoms with van der Waals surface area (Å²) in [5, 5.41) is 10.1. The third-order valence-electron chi connectivity index (χ3n) is 4.10. The van der Waals surface area contributed by atoms with Crippen LogP contribution in [0, 0.1) is 0 Å². The summed E-state index contributed by atoms with van der Waals surface area (Å²) in [5.41, 5.74) is 1.70. The Bertz CT molecular complexity index is 969. The molecule has 0 aliphatic carbocycles. The van der Waals surface area contributed by atoms with Crippen LogP contribution in [0.5, 0.6) is 0 Å². The molecule has 5 heteroatoms. The molecular weight excluding hydrogens is 317 g/mol. The zero-order valence-electron chi connectivity index (χ0n) is 13.0. The Hall–Kier alpha value is -2.71. The molecule has 0 aliphatic rings. The topological polar surface area (TPSA) is 47.8 Å². The van der Waals surface area contributed by atoms with E-state index < -0.39 is 7.14 Å². The van der Waals surface area contributed by atoms with Gasteiger partial charge >= 0.3 is 0 Å². The predicted octanol–water partition coefficient (Wildman–Crippen LogP) is 3.40. The first-order valence-corrected chi connectivity index (χ1v) is 9.65. The van der Waals surface area contributed by atoms with Crippen LogP contribution in [0.15, 0.2) is 84.9 Å². The maximum atomic E-state index is 14.0. The minimum absolute atomic E-state index is 0.293. The first-order valence-electron chi connectivity index (χ1n) is 7.76. The van der Waals surface area contributed by atoms with Gasteiger partial charge in [0, 0.05) is 10.6 Å². The van der Waals surface area contributed by atoms with Crippen molar-refractivity contribution < 1.29 is 4.57 Å². The van der Waals surface area contributed by atoms with Gasteiger partial charge in [-0.25, -0.2) is 4.68 Å². The average molecular weight is 333 g/mol. The van der Waals surface area contributed by atoms with Crippen LogP contribution in [-0.2, 0) is 10.9 Å². The van der Waals surface area contributed by atoms with E-state index in [1.165, 1.54) is 0 Å². The van der Waals surface area contributed by atoms with Gasteiger partial charge in [-0.3, -0.25) is 0 Å². The van der Waals surface area contributed by atoms with Crippen molar-refractivity contribution >= 4 is 28.8 Å². The Morgan fingerprint density at radius 3 is 1.92 bits per heavy atom. The molecule has 4 rings (SSSR count). The molecule has 0 amide bonds. The summed E-state index contributed by atoms with van der Waals surface area (Å²) in [5.74, 6) is 0. The minimum Gasteiger partial charge on any atom is -0.312 e. The molecule has 0 radical (unpaired) electrons. The van der Waals surface area contributed by atoms with Gasteiger partial charge in [-0.1, -0.05) is 78.0 Å². The van der Waals surface area contributed by atoms with E-state index in [-0.39, 0.29) is 0 Å². The van der Waals surface area contributed by atoms with Gasteiger partial charge in [0.1, 0.15) is 11.8 Å². The number of nitrogens with zero attached hydrogens (tertiary/aromatic N) is 3. The fraction of sp³-hybridized carbons (Fsp3) is 0.0526. The Labute approximate surface area is 140 Å². The van der Waals surface area contributed by atoms with Gasteiger partial charge in [0.05, 0.1) is 5.52 Å². The van der Waals surface area contributed by atoms with Crippen LogP contribution in [0.4, 0.5) is 0 Å². The molecule has 3 aromatic carbocycles. The van der Waals surface area contributed by atoms with Crippen molar-refractivity contribution in [2.24, 2.45) is 0 Å². The second-order valence-electron chi connectivity index (χ2n) is 5.63. The van der Waals surface area contributed by atoms with E-state index in [4.69, 9.17) is 0 Å². The van der Waals surface area contributed by atoms with Crippen LogP contribution in [0.2, 0.25) is 0 Å². The summed E-state index contributed by atoms with van der Waals surface area (Å²) < 4.78 is 15.8. The van der Waals surface area contributed by atoms with Crippen LogP contribution in [0.1, 0.15) is 0 Å². The molecule has 4 aromatic rings. The molecule has 0 unspecified atom stereocenters. The maximum Gasteiger partial charge on any atom is 0.163 e. The molecule has 1 aromatic heterocycles. The number of para-hydroxylation sites is 1. The second-order valence-corrected chi connectivity index (χ2v) is 8.42. The van der Waals surface area contributed by atoms with E-state index in [1.54, 1.807) is 4.68 Å². The Morgan fingerprint density at radius 1 is 0.750 bits per heavy atom. The van der Waals surface area contributed by atoms with E-state index in [9.17, 15) is 4.57 Å². The number of hydrogen-bond donors (Lipinski definition) is 0. The van der Waals surface area contributed by atoms with Crippen LogP contribution in [0.25, 0.3) is 11.0 Å². The highest BCUT2D eigenvalue weighted by Crippen LogP contribution is 2.45. The van der Waals surface area contributed by atoms with Gasteiger partial charge in [-0.15, -0.1) is 5.10 Å². The van der Waals surface area contributed by atoms with Crippen LogP contribution in [-0.4, -0.2) is 15.0 Å². The van der Waals surface area contributed by atoms with Gasteiger partial charge < -0.3 is 4.57 Å². The van der Waals surface area contributed by atoms with Crippen LogP contribution >= 0.6 is 7.14 Å². The highest BCUT2D eigenvalue weighted by atomic mass is 31.2. The fourth-order valence-corrected chi connectivity index (χ4v) is 5.38. The van der Waals surface area contributed by atoms with Crippen molar-refractivity contribution in [1.29, 1.82) is 0 Å². The van der Waals surface area contributed by atoms with Gasteiger partial charge in [-0.05, 0) is 12.1 Å². The molecule has 118 valence electrons. The zero-order chi connectivity index (χ0) is 16.4. The lowest BCUT2D eigenvalue weighted by molar-refractivity contribution is 0.573. The third-order valence-corrected chi connectivity index (χ3v) is 7.03. The predicted molar refractivity (Wildman–Crippen MR) is 97.3 cm³/mol. The van der Waals surface area contributed by atoms with Crippen molar-refractivity contribution in [3.63, 3.8) is 0 Å². The highest BCUT2D eigenvalue weighted by molar-refractivity contribution is 7.77. The van der Waals surface area contributed by atoms with Gasteiger partial charge in [0.2, 0.25) is 0 Å². The van der Waals surface area contributed by atoms with Crippen LogP contribution in [0.3, 0.4) is 0 Å². The summed E-state index contributed by atoms with van der Waals surface area (Å²) >= 11 is 0. The normalized spacial score (nSPS) is 11.7. The number of hydrogen-bond acceptors (Lipinski definition) is 3.